The molecular formula is C17H15N5O2S. The smallest absolute Gasteiger partial charge is 0.271 e. The van der Waals surface area contributed by atoms with Crippen LogP contribution in [0.25, 0.3) is 20.7 Å². The Morgan fingerprint density at radius 1 is 1.16 bits per heavy atom. The van der Waals surface area contributed by atoms with Gasteiger partial charge >= 0.3 is 0 Å². The van der Waals surface area contributed by atoms with Gasteiger partial charge in [-0.2, -0.15) is 5.10 Å². The molecule has 0 spiro atoms. The average molecular weight is 353 g/mol. The van der Waals surface area contributed by atoms with Crippen LogP contribution in [-0.2, 0) is 13.1 Å². The van der Waals surface area contributed by atoms with Gasteiger partial charge in [0.2, 0.25) is 0 Å². The highest BCUT2D eigenvalue weighted by molar-refractivity contribution is 7.22. The second kappa shape index (κ2) is 6.48. The Labute approximate surface area is 147 Å². The van der Waals surface area contributed by atoms with Crippen LogP contribution < -0.4 is 10.3 Å². The zero-order valence-corrected chi connectivity index (χ0v) is 14.3. The van der Waals surface area contributed by atoms with Crippen molar-refractivity contribution in [1.29, 1.82) is 0 Å². The van der Waals surface area contributed by atoms with Crippen molar-refractivity contribution in [3.63, 3.8) is 0 Å². The Morgan fingerprint density at radius 2 is 2.00 bits per heavy atom. The van der Waals surface area contributed by atoms with Crippen LogP contribution in [0.2, 0.25) is 0 Å². The number of nitrogens with zero attached hydrogens (tertiary/aromatic N) is 5. The van der Waals surface area contributed by atoms with Crippen LogP contribution in [-0.4, -0.2) is 31.4 Å². The second-order valence-corrected chi connectivity index (χ2v) is 6.51. The van der Waals surface area contributed by atoms with E-state index in [0.717, 1.165) is 21.7 Å². The monoisotopic (exact) mass is 353 g/mol. The summed E-state index contributed by atoms with van der Waals surface area (Å²) in [7, 11) is 1.64. The number of fused-ring (bicyclic) bond motifs is 1. The van der Waals surface area contributed by atoms with E-state index in [1.54, 1.807) is 29.0 Å². The van der Waals surface area contributed by atoms with Crippen molar-refractivity contribution >= 4 is 21.6 Å². The van der Waals surface area contributed by atoms with E-state index in [2.05, 4.69) is 15.1 Å². The highest BCUT2D eigenvalue weighted by atomic mass is 32.1. The van der Waals surface area contributed by atoms with Gasteiger partial charge in [-0.05, 0) is 35.9 Å². The predicted molar refractivity (Wildman–Crippen MR) is 95.9 cm³/mol. The molecule has 0 atom stereocenters. The highest BCUT2D eigenvalue weighted by Crippen LogP contribution is 2.31. The topological polar surface area (TPSA) is 74.8 Å². The molecule has 0 bridgehead atoms. The Balaban J connectivity index is 1.65. The van der Waals surface area contributed by atoms with Crippen molar-refractivity contribution in [2.24, 2.45) is 0 Å². The molecule has 1 aromatic carbocycles. The maximum absolute atomic E-state index is 12.7. The molecule has 25 heavy (non-hydrogen) atoms. The number of benzene rings is 1. The molecule has 0 aliphatic carbocycles. The SMILES string of the molecule is COc1ccc(-c2cc3ncn(CCn4cncn4)c(=O)c3s2)cc1. The summed E-state index contributed by atoms with van der Waals surface area (Å²) in [5, 5.41) is 4.04. The summed E-state index contributed by atoms with van der Waals surface area (Å²) < 4.78 is 9.14. The van der Waals surface area contributed by atoms with Crippen molar-refractivity contribution in [3.05, 3.63) is 59.7 Å². The number of thiophene rings is 1. The van der Waals surface area contributed by atoms with E-state index < -0.39 is 0 Å². The lowest BCUT2D eigenvalue weighted by atomic mass is 10.2. The van der Waals surface area contributed by atoms with E-state index in [9.17, 15) is 4.79 Å². The lowest BCUT2D eigenvalue weighted by Gasteiger charge is -2.04. The fraction of sp³-hybridized carbons (Fsp3) is 0.176. The lowest BCUT2D eigenvalue weighted by Crippen LogP contribution is -2.22. The molecular weight excluding hydrogens is 338 g/mol. The summed E-state index contributed by atoms with van der Waals surface area (Å²) in [6, 6.07) is 9.72. The van der Waals surface area contributed by atoms with Gasteiger partial charge in [0.1, 0.15) is 23.1 Å². The minimum Gasteiger partial charge on any atom is -0.497 e. The van der Waals surface area contributed by atoms with Crippen LogP contribution in [0.3, 0.4) is 0 Å². The standard InChI is InChI=1S/C17H15N5O2S/c1-24-13-4-2-12(3-5-13)15-8-14-16(25-15)17(23)21(11-19-14)6-7-22-10-18-9-20-22/h2-5,8-11H,6-7H2,1H3. The van der Waals surface area contributed by atoms with Crippen LogP contribution in [0.15, 0.2) is 54.1 Å². The van der Waals surface area contributed by atoms with E-state index in [4.69, 9.17) is 4.74 Å². The second-order valence-electron chi connectivity index (χ2n) is 5.46. The molecule has 3 aromatic heterocycles. The van der Waals surface area contributed by atoms with Crippen molar-refractivity contribution in [1.82, 2.24) is 24.3 Å². The third kappa shape index (κ3) is 3.03. The summed E-state index contributed by atoms with van der Waals surface area (Å²) in [4.78, 5) is 22.0. The highest BCUT2D eigenvalue weighted by Gasteiger charge is 2.11. The number of ether oxygens (including phenoxy) is 1. The summed E-state index contributed by atoms with van der Waals surface area (Å²) in [5.41, 5.74) is 1.73. The third-order valence-electron chi connectivity index (χ3n) is 3.91. The Morgan fingerprint density at radius 3 is 2.72 bits per heavy atom. The molecule has 0 amide bonds. The van der Waals surface area contributed by atoms with Crippen molar-refractivity contribution in [2.45, 2.75) is 13.1 Å². The zero-order chi connectivity index (χ0) is 17.2. The Bertz CT molecular complexity index is 1050. The lowest BCUT2D eigenvalue weighted by molar-refractivity contribution is 0.415. The van der Waals surface area contributed by atoms with Crippen molar-refractivity contribution in [2.75, 3.05) is 7.11 Å². The molecule has 0 fully saturated rings. The van der Waals surface area contributed by atoms with Crippen LogP contribution in [0, 0.1) is 0 Å². The van der Waals surface area contributed by atoms with E-state index in [0.29, 0.717) is 17.8 Å². The molecule has 4 rings (SSSR count). The number of methoxy groups -OCH3 is 1. The zero-order valence-electron chi connectivity index (χ0n) is 13.5. The average Bonchev–Trinajstić information content (AvgIpc) is 3.31. The quantitative estimate of drug-likeness (QED) is 0.551. The molecule has 0 radical (unpaired) electrons. The maximum atomic E-state index is 12.7. The summed E-state index contributed by atoms with van der Waals surface area (Å²) >= 11 is 1.46. The van der Waals surface area contributed by atoms with Crippen molar-refractivity contribution in [3.8, 4) is 16.2 Å². The molecule has 0 aliphatic heterocycles. The van der Waals surface area contributed by atoms with Gasteiger partial charge in [-0.1, -0.05) is 0 Å². The van der Waals surface area contributed by atoms with Gasteiger partial charge in [0.05, 0.1) is 25.5 Å². The molecule has 8 heteroatoms. The Kier molecular flexibility index (Phi) is 4.02. The van der Waals surface area contributed by atoms with E-state index in [1.807, 2.05) is 30.3 Å². The number of hydrogen-bond donors (Lipinski definition) is 0. The molecule has 0 unspecified atom stereocenters. The largest absolute Gasteiger partial charge is 0.497 e. The predicted octanol–water partition coefficient (Wildman–Crippen LogP) is 2.43. The molecule has 0 N–H and O–H groups in total. The minimum atomic E-state index is -0.0325. The van der Waals surface area contributed by atoms with Crippen molar-refractivity contribution < 1.29 is 4.74 Å². The minimum absolute atomic E-state index is 0.0325. The van der Waals surface area contributed by atoms with Gasteiger partial charge in [-0.3, -0.25) is 14.0 Å². The first-order chi connectivity index (χ1) is 12.2. The van der Waals surface area contributed by atoms with E-state index in [-0.39, 0.29) is 5.56 Å². The van der Waals surface area contributed by atoms with Gasteiger partial charge in [0, 0.05) is 11.4 Å². The maximum Gasteiger partial charge on any atom is 0.271 e. The Hall–Kier alpha value is -3.00. The molecule has 7 nitrogen and oxygen atoms in total. The van der Waals surface area contributed by atoms with Gasteiger partial charge in [-0.25, -0.2) is 9.97 Å². The van der Waals surface area contributed by atoms with Crippen LogP contribution in [0.1, 0.15) is 0 Å². The van der Waals surface area contributed by atoms with Crippen LogP contribution in [0.5, 0.6) is 5.75 Å². The fourth-order valence-electron chi connectivity index (χ4n) is 2.56. The first kappa shape index (κ1) is 15.5. The number of aryl methyl sites for hydroxylation is 2. The number of rotatable bonds is 5. The van der Waals surface area contributed by atoms with Crippen LogP contribution in [0.4, 0.5) is 0 Å². The summed E-state index contributed by atoms with van der Waals surface area (Å²) in [5.74, 6) is 0.804. The molecule has 4 aromatic rings. The normalized spacial score (nSPS) is 11.1. The first-order valence-electron chi connectivity index (χ1n) is 7.70. The van der Waals surface area contributed by atoms with E-state index >= 15 is 0 Å². The number of aromatic nitrogens is 5. The molecule has 0 aliphatic rings. The fourth-order valence-corrected chi connectivity index (χ4v) is 3.63. The molecule has 126 valence electrons. The molecule has 0 saturated heterocycles. The summed E-state index contributed by atoms with van der Waals surface area (Å²) in [6.45, 7) is 1.07. The van der Waals surface area contributed by atoms with Gasteiger partial charge in [0.15, 0.2) is 0 Å². The first-order valence-corrected chi connectivity index (χ1v) is 8.52. The third-order valence-corrected chi connectivity index (χ3v) is 5.08. The van der Waals surface area contributed by atoms with Gasteiger partial charge in [-0.15, -0.1) is 11.3 Å². The summed E-state index contributed by atoms with van der Waals surface area (Å²) in [6.07, 6.45) is 4.70. The van der Waals surface area contributed by atoms with Crippen LogP contribution >= 0.6 is 11.3 Å². The molecule has 3 heterocycles. The van der Waals surface area contributed by atoms with Gasteiger partial charge < -0.3 is 4.74 Å². The van der Waals surface area contributed by atoms with Gasteiger partial charge in [0.25, 0.3) is 5.56 Å². The molecule has 0 saturated carbocycles. The number of hydrogen-bond acceptors (Lipinski definition) is 6. The van der Waals surface area contributed by atoms with E-state index in [1.165, 1.54) is 17.7 Å².